The first-order valence-corrected chi connectivity index (χ1v) is 32.4. The lowest BCUT2D eigenvalue weighted by molar-refractivity contribution is 0.595. The summed E-state index contributed by atoms with van der Waals surface area (Å²) in [7, 11) is -1.49. The van der Waals surface area contributed by atoms with Crippen LogP contribution >= 0.6 is 10.0 Å². The topological polar surface area (TPSA) is 6.48 Å². The minimum atomic E-state index is -1.49. The van der Waals surface area contributed by atoms with Crippen molar-refractivity contribution in [1.82, 2.24) is 0 Å². The Morgan fingerprint density at radius 3 is 1.26 bits per heavy atom. The molecule has 1 atom stereocenters. The zero-order valence-corrected chi connectivity index (χ0v) is 49.3. The summed E-state index contributed by atoms with van der Waals surface area (Å²) in [5.74, 6) is 0. The van der Waals surface area contributed by atoms with Gasteiger partial charge < -0.3 is 9.80 Å². The highest BCUT2D eigenvalue weighted by atomic mass is 32.3. The first-order valence-electron chi connectivity index (χ1n) is 29.9. The molecule has 0 spiro atoms. The van der Waals surface area contributed by atoms with E-state index in [9.17, 15) is 0 Å². The van der Waals surface area contributed by atoms with Crippen molar-refractivity contribution in [3.8, 4) is 55.6 Å². The largest absolute Gasteiger partial charge is 0.311 e. The average molecular weight is 1120 g/mol. The van der Waals surface area contributed by atoms with Crippen LogP contribution in [0.2, 0.25) is 0 Å². The summed E-state index contributed by atoms with van der Waals surface area (Å²) in [5, 5.41) is 10.5. The van der Waals surface area contributed by atoms with E-state index < -0.39 is 10.0 Å². The Morgan fingerprint density at radius 2 is 0.744 bits per heavy atom. The van der Waals surface area contributed by atoms with Crippen LogP contribution in [0.1, 0.15) is 18.9 Å². The Morgan fingerprint density at radius 1 is 0.326 bits per heavy atom. The molecule has 0 fully saturated rings. The lowest BCUT2D eigenvalue weighted by Gasteiger charge is -2.34. The van der Waals surface area contributed by atoms with E-state index in [2.05, 4.69) is 339 Å². The molecule has 14 aromatic carbocycles. The van der Waals surface area contributed by atoms with Crippen LogP contribution < -0.4 is 9.80 Å². The van der Waals surface area contributed by atoms with Gasteiger partial charge in [-0.1, -0.05) is 244 Å². The summed E-state index contributed by atoms with van der Waals surface area (Å²) < 4.78 is 0. The van der Waals surface area contributed by atoms with Crippen molar-refractivity contribution in [2.45, 2.75) is 28.6 Å². The molecule has 1 aliphatic carbocycles. The minimum absolute atomic E-state index is 0.0875. The molecular weight excluding hydrogens is 1060 g/mol. The molecule has 1 unspecified atom stereocenters. The lowest BCUT2D eigenvalue weighted by atomic mass is 9.77. The normalized spacial score (nSPS) is 15.4. The molecule has 2 nitrogen and oxygen atoms in total. The molecule has 1 heterocycles. The van der Waals surface area contributed by atoms with Gasteiger partial charge in [0.2, 0.25) is 0 Å². The highest BCUT2D eigenvalue weighted by Gasteiger charge is 2.36. The maximum Gasteiger partial charge on any atom is 0.0472 e. The van der Waals surface area contributed by atoms with Crippen LogP contribution in [-0.2, 0) is 5.41 Å². The zero-order valence-electron chi connectivity index (χ0n) is 48.5. The van der Waals surface area contributed by atoms with E-state index in [0.717, 1.165) is 29.2 Å². The third-order valence-electron chi connectivity index (χ3n) is 18.5. The maximum absolute atomic E-state index is 2.60. The smallest absolute Gasteiger partial charge is 0.0472 e. The number of benzene rings is 14. The van der Waals surface area contributed by atoms with Crippen molar-refractivity contribution in [2.24, 2.45) is 0 Å². The molecule has 410 valence electrons. The van der Waals surface area contributed by atoms with Crippen molar-refractivity contribution < 1.29 is 0 Å². The summed E-state index contributed by atoms with van der Waals surface area (Å²) in [4.78, 5) is 7.75. The molecule has 0 aromatic heterocycles. The van der Waals surface area contributed by atoms with Crippen LogP contribution in [0.4, 0.5) is 28.4 Å². The summed E-state index contributed by atoms with van der Waals surface area (Å²) in [6.45, 7) is 2.36. The van der Waals surface area contributed by atoms with Crippen LogP contribution in [0.15, 0.2) is 325 Å². The number of anilines is 5. The van der Waals surface area contributed by atoms with Gasteiger partial charge in [0.25, 0.3) is 0 Å². The quantitative estimate of drug-likeness (QED) is 0.0941. The van der Waals surface area contributed by atoms with Gasteiger partial charge in [0, 0.05) is 54.9 Å². The summed E-state index contributed by atoms with van der Waals surface area (Å²) >= 11 is 0. The van der Waals surface area contributed by atoms with Crippen molar-refractivity contribution in [2.75, 3.05) is 22.3 Å². The Balaban J connectivity index is 0.781. The third kappa shape index (κ3) is 8.56. The monoisotopic (exact) mass is 1120 g/mol. The van der Waals surface area contributed by atoms with Crippen LogP contribution in [0, 0.1) is 0 Å². The van der Waals surface area contributed by atoms with Crippen molar-refractivity contribution >= 4 is 81.6 Å². The second kappa shape index (κ2) is 20.6. The molecule has 16 rings (SSSR count). The third-order valence-corrected chi connectivity index (χ3v) is 21.4. The number of fused-ring (bicyclic) bond motifs is 6. The van der Waals surface area contributed by atoms with Gasteiger partial charge in [0.15, 0.2) is 0 Å². The van der Waals surface area contributed by atoms with Crippen molar-refractivity contribution in [1.29, 1.82) is 0 Å². The van der Waals surface area contributed by atoms with Crippen LogP contribution in [-0.4, -0.2) is 12.5 Å². The first-order chi connectivity index (χ1) is 42.3. The second-order valence-electron chi connectivity index (χ2n) is 23.8. The fraction of sp³-hybridized carbons (Fsp3) is 0.0602. The zero-order chi connectivity index (χ0) is 57.5. The second-order valence-corrected chi connectivity index (χ2v) is 27.4. The molecule has 3 heteroatoms. The van der Waals surface area contributed by atoms with E-state index in [4.69, 9.17) is 0 Å². The highest BCUT2D eigenvalue weighted by molar-refractivity contribution is 8.33. The molecule has 0 saturated carbocycles. The lowest BCUT2D eigenvalue weighted by Crippen LogP contribution is -2.24. The number of rotatable bonds is 11. The molecule has 0 N–H and O–H groups in total. The minimum Gasteiger partial charge on any atom is -0.311 e. The van der Waals surface area contributed by atoms with E-state index in [-0.39, 0.29) is 5.41 Å². The number of hydrogen-bond donors (Lipinski definition) is 0. The van der Waals surface area contributed by atoms with E-state index in [1.165, 1.54) is 125 Å². The van der Waals surface area contributed by atoms with Gasteiger partial charge in [-0.3, -0.25) is 0 Å². The van der Waals surface area contributed by atoms with Gasteiger partial charge in [0.1, 0.15) is 0 Å². The summed E-state index contributed by atoms with van der Waals surface area (Å²) in [6.07, 6.45) is 13.2. The average Bonchev–Trinajstić information content (AvgIpc) is 1.44. The van der Waals surface area contributed by atoms with E-state index in [1.807, 2.05) is 0 Å². The molecule has 0 radical (unpaired) electrons. The molecule has 0 saturated heterocycles. The molecule has 86 heavy (non-hydrogen) atoms. The van der Waals surface area contributed by atoms with Crippen LogP contribution in [0.5, 0.6) is 0 Å². The fourth-order valence-corrected chi connectivity index (χ4v) is 16.5. The molecular formula is C83H62N2S. The SMILES string of the molecule is CC1(c2ccccc2)C=CC(N(c2ccc(-c3ccccc3)cc2)c2ccc3c(c2)S(C)(C)c2cc4c5ccc(-c6ccc(N(c7ccc(-c8ccccc8)cc7)c7ccc(-c8ccccc8)cc7)cc6)c6cccc(c7cccc(c2-3)c74)c65)=CC1. The van der Waals surface area contributed by atoms with Gasteiger partial charge in [-0.05, 0) is 190 Å². The maximum atomic E-state index is 2.60. The van der Waals surface area contributed by atoms with E-state index >= 15 is 0 Å². The van der Waals surface area contributed by atoms with Gasteiger partial charge in [0.05, 0.1) is 0 Å². The van der Waals surface area contributed by atoms with E-state index in [0.29, 0.717) is 0 Å². The van der Waals surface area contributed by atoms with Crippen LogP contribution in [0.25, 0.3) is 98.7 Å². The molecule has 0 amide bonds. The van der Waals surface area contributed by atoms with E-state index in [1.54, 1.807) is 0 Å². The van der Waals surface area contributed by atoms with Gasteiger partial charge in [-0.25, -0.2) is 0 Å². The number of hydrogen-bond acceptors (Lipinski definition) is 2. The summed E-state index contributed by atoms with van der Waals surface area (Å²) in [6, 6.07) is 108. The summed E-state index contributed by atoms with van der Waals surface area (Å²) in [5.41, 5.74) is 20.5. The number of nitrogens with zero attached hydrogens (tertiary/aromatic N) is 2. The predicted octanol–water partition coefficient (Wildman–Crippen LogP) is 23.3. The van der Waals surface area contributed by atoms with Crippen molar-refractivity contribution in [3.05, 3.63) is 321 Å². The predicted molar refractivity (Wildman–Crippen MR) is 370 cm³/mol. The van der Waals surface area contributed by atoms with Crippen LogP contribution in [0.3, 0.4) is 0 Å². The Bertz CT molecular complexity index is 4850. The fourth-order valence-electron chi connectivity index (χ4n) is 14.0. The Hall–Kier alpha value is -10.2. The van der Waals surface area contributed by atoms with Crippen molar-refractivity contribution in [3.63, 3.8) is 0 Å². The standard InChI is InChI=1S/C83H62N2S/c1-83(63-24-14-7-15-25-63)52-50-68(51-53-83)85(67-42-34-61(35-43-67)58-22-12-6-13-23-58)69-46-47-75-78(54-69)86(2,3)79-55-77-74-49-48-70(71-26-16-27-72(80(71)74)73-28-17-29-76(81(73)77)82(75)79)62-36-44-66(45-37-62)84(64-38-30-59(31-39-64)56-18-8-4-9-19-56)65-40-32-60(33-41-65)57-20-10-5-11-21-57/h4-52,54-55H,53H2,1-3H3. The van der Waals surface area contributed by atoms with Gasteiger partial charge >= 0.3 is 0 Å². The van der Waals surface area contributed by atoms with Gasteiger partial charge in [-0.2, -0.15) is 10.0 Å². The Labute approximate surface area is 505 Å². The first kappa shape index (κ1) is 51.4. The molecule has 0 bridgehead atoms. The molecule has 1 aliphatic heterocycles. The van der Waals surface area contributed by atoms with Gasteiger partial charge in [-0.15, -0.1) is 0 Å². The molecule has 2 aliphatic rings. The molecule has 14 aromatic rings. The highest BCUT2D eigenvalue weighted by Crippen LogP contribution is 2.70. The number of allylic oxidation sites excluding steroid dienone is 3. The Kier molecular flexibility index (Phi) is 12.3.